The topological polar surface area (TPSA) is 82.2 Å². The Morgan fingerprint density at radius 3 is 2.33 bits per heavy atom. The summed E-state index contributed by atoms with van der Waals surface area (Å²) >= 11 is 0. The lowest BCUT2D eigenvalue weighted by atomic mass is 10.2. The minimum absolute atomic E-state index is 0.108. The Labute approximate surface area is 107 Å². The van der Waals surface area contributed by atoms with Gasteiger partial charge in [0.15, 0.2) is 14.7 Å². The predicted octanol–water partition coefficient (Wildman–Crippen LogP) is 1.18. The molecule has 0 aromatic carbocycles. The number of sulfone groups is 1. The summed E-state index contributed by atoms with van der Waals surface area (Å²) in [5, 5.41) is 0. The summed E-state index contributed by atoms with van der Waals surface area (Å²) < 4.78 is 25.6. The van der Waals surface area contributed by atoms with E-state index in [1.165, 1.54) is 6.92 Å². The van der Waals surface area contributed by atoms with Crippen molar-refractivity contribution in [1.82, 2.24) is 4.57 Å². The summed E-state index contributed by atoms with van der Waals surface area (Å²) in [6, 6.07) is 0.141. The van der Waals surface area contributed by atoms with Crippen molar-refractivity contribution in [2.45, 2.75) is 44.6 Å². The molecule has 2 rings (SSSR count). The lowest BCUT2D eigenvalue weighted by molar-refractivity contribution is 0.590. The number of aromatic nitrogens is 1. The first-order valence-electron chi connectivity index (χ1n) is 6.05. The minimum atomic E-state index is -3.59. The van der Waals surface area contributed by atoms with Gasteiger partial charge >= 0.3 is 0 Å². The van der Waals surface area contributed by atoms with E-state index in [2.05, 4.69) is 0 Å². The Morgan fingerprint density at radius 2 is 1.89 bits per heavy atom. The van der Waals surface area contributed by atoms with Crippen molar-refractivity contribution in [1.29, 1.82) is 0 Å². The molecule has 0 atom stereocenters. The molecule has 100 valence electrons. The molecule has 1 aliphatic rings. The van der Waals surface area contributed by atoms with Crippen LogP contribution in [-0.2, 0) is 9.84 Å². The van der Waals surface area contributed by atoms with E-state index in [4.69, 9.17) is 5.73 Å². The predicted molar refractivity (Wildman–Crippen MR) is 70.6 cm³/mol. The molecule has 1 fully saturated rings. The molecule has 0 aliphatic heterocycles. The van der Waals surface area contributed by atoms with Crippen molar-refractivity contribution in [2.24, 2.45) is 0 Å². The molecule has 1 heterocycles. The van der Waals surface area contributed by atoms with Crippen LogP contribution < -0.4 is 11.3 Å². The van der Waals surface area contributed by atoms with E-state index in [1.54, 1.807) is 11.5 Å². The molecule has 0 unspecified atom stereocenters. The molecule has 0 spiro atoms. The Balaban J connectivity index is 2.87. The van der Waals surface area contributed by atoms with Gasteiger partial charge in [-0.1, -0.05) is 6.92 Å². The molecule has 1 saturated carbocycles. The van der Waals surface area contributed by atoms with E-state index in [9.17, 15) is 13.2 Å². The fraction of sp³-hybridized carbons (Fsp3) is 0.583. The number of hydrogen-bond acceptors (Lipinski definition) is 4. The van der Waals surface area contributed by atoms with Gasteiger partial charge in [0, 0.05) is 11.7 Å². The summed E-state index contributed by atoms with van der Waals surface area (Å²) in [6.45, 7) is 5.09. The lowest BCUT2D eigenvalue weighted by Gasteiger charge is -2.16. The van der Waals surface area contributed by atoms with Crippen LogP contribution in [0.1, 0.15) is 37.1 Å². The van der Waals surface area contributed by atoms with Crippen LogP contribution in [0, 0.1) is 13.8 Å². The average molecular weight is 270 g/mol. The molecular weight excluding hydrogens is 252 g/mol. The van der Waals surface area contributed by atoms with Gasteiger partial charge in [0.25, 0.3) is 5.56 Å². The highest BCUT2D eigenvalue weighted by atomic mass is 32.2. The molecule has 0 radical (unpaired) electrons. The first kappa shape index (κ1) is 13.1. The van der Waals surface area contributed by atoms with Crippen LogP contribution in [-0.4, -0.2) is 18.7 Å². The van der Waals surface area contributed by atoms with Crippen molar-refractivity contribution in [3.63, 3.8) is 0 Å². The SMILES string of the molecule is CCS(=O)(=O)c1c(N)c(C)c(C)n(C2CC2)c1=O. The minimum Gasteiger partial charge on any atom is -0.397 e. The standard InChI is InChI=1S/C12H18N2O3S/c1-4-18(16,17)11-10(13)7(2)8(3)14(12(11)15)9-5-6-9/h9H,4-6,13H2,1-3H3. The van der Waals surface area contributed by atoms with Crippen molar-refractivity contribution in [2.75, 3.05) is 11.5 Å². The van der Waals surface area contributed by atoms with Crippen LogP contribution >= 0.6 is 0 Å². The van der Waals surface area contributed by atoms with Crippen molar-refractivity contribution in [3.05, 3.63) is 21.6 Å². The fourth-order valence-corrected chi connectivity index (χ4v) is 3.28. The summed E-state index contributed by atoms with van der Waals surface area (Å²) in [7, 11) is -3.59. The van der Waals surface area contributed by atoms with Gasteiger partial charge in [-0.2, -0.15) is 0 Å². The molecule has 2 N–H and O–H groups in total. The molecule has 0 saturated heterocycles. The maximum atomic E-state index is 12.4. The Morgan fingerprint density at radius 1 is 1.33 bits per heavy atom. The zero-order valence-corrected chi connectivity index (χ0v) is 11.7. The molecule has 0 amide bonds. The van der Waals surface area contributed by atoms with Gasteiger partial charge < -0.3 is 10.3 Å². The van der Waals surface area contributed by atoms with Crippen LogP contribution in [0.3, 0.4) is 0 Å². The Hall–Kier alpha value is -1.30. The number of nitrogens with zero attached hydrogens (tertiary/aromatic N) is 1. The van der Waals surface area contributed by atoms with Gasteiger partial charge in [-0.05, 0) is 32.3 Å². The monoisotopic (exact) mass is 270 g/mol. The van der Waals surface area contributed by atoms with E-state index in [0.29, 0.717) is 5.56 Å². The van der Waals surface area contributed by atoms with Gasteiger partial charge in [-0.3, -0.25) is 4.79 Å². The molecule has 18 heavy (non-hydrogen) atoms. The molecule has 1 aliphatic carbocycles. The number of nitrogen functional groups attached to an aromatic ring is 1. The van der Waals surface area contributed by atoms with E-state index < -0.39 is 15.4 Å². The fourth-order valence-electron chi connectivity index (χ4n) is 2.14. The second-order valence-corrected chi connectivity index (χ2v) is 6.98. The van der Waals surface area contributed by atoms with Gasteiger partial charge in [0.1, 0.15) is 0 Å². The quantitative estimate of drug-likeness (QED) is 0.894. The summed E-state index contributed by atoms with van der Waals surface area (Å²) in [5.74, 6) is -0.112. The van der Waals surface area contributed by atoms with Gasteiger partial charge in [-0.25, -0.2) is 8.42 Å². The smallest absolute Gasteiger partial charge is 0.271 e. The number of hydrogen-bond donors (Lipinski definition) is 1. The van der Waals surface area contributed by atoms with Gasteiger partial charge in [0.2, 0.25) is 0 Å². The second-order valence-electron chi connectivity index (χ2n) is 4.76. The third-order valence-electron chi connectivity index (χ3n) is 3.57. The third kappa shape index (κ3) is 1.84. The Bertz CT molecular complexity index is 655. The molecule has 0 bridgehead atoms. The summed E-state index contributed by atoms with van der Waals surface area (Å²) in [5.41, 5.74) is 6.95. The number of rotatable bonds is 3. The summed E-state index contributed by atoms with van der Waals surface area (Å²) in [6.07, 6.45) is 1.85. The zero-order chi connectivity index (χ0) is 13.7. The molecular formula is C12H18N2O3S. The van der Waals surface area contributed by atoms with Crippen LogP contribution in [0.2, 0.25) is 0 Å². The first-order chi connectivity index (χ1) is 8.31. The molecule has 1 aromatic heterocycles. The molecule has 1 aromatic rings. The van der Waals surface area contributed by atoms with Crippen molar-refractivity contribution in [3.8, 4) is 0 Å². The number of nitrogens with two attached hydrogens (primary N) is 1. The highest BCUT2D eigenvalue weighted by Gasteiger charge is 2.31. The summed E-state index contributed by atoms with van der Waals surface area (Å²) in [4.78, 5) is 12.1. The van der Waals surface area contributed by atoms with Crippen molar-refractivity contribution < 1.29 is 8.42 Å². The molecule has 6 heteroatoms. The van der Waals surface area contributed by atoms with E-state index >= 15 is 0 Å². The average Bonchev–Trinajstić information content (AvgIpc) is 3.10. The van der Waals surface area contributed by atoms with Crippen LogP contribution in [0.4, 0.5) is 5.69 Å². The highest BCUT2D eigenvalue weighted by Crippen LogP contribution is 2.36. The normalized spacial score (nSPS) is 15.9. The van der Waals surface area contributed by atoms with Crippen LogP contribution in [0.25, 0.3) is 0 Å². The van der Waals surface area contributed by atoms with Crippen molar-refractivity contribution >= 4 is 15.5 Å². The zero-order valence-electron chi connectivity index (χ0n) is 10.9. The largest absolute Gasteiger partial charge is 0.397 e. The first-order valence-corrected chi connectivity index (χ1v) is 7.70. The van der Waals surface area contributed by atoms with Crippen LogP contribution in [0.15, 0.2) is 9.69 Å². The van der Waals surface area contributed by atoms with E-state index in [0.717, 1.165) is 18.5 Å². The lowest BCUT2D eigenvalue weighted by Crippen LogP contribution is -2.30. The Kier molecular flexibility index (Phi) is 3.01. The van der Waals surface area contributed by atoms with Gasteiger partial charge in [-0.15, -0.1) is 0 Å². The number of anilines is 1. The maximum absolute atomic E-state index is 12.4. The molecule has 5 nitrogen and oxygen atoms in total. The third-order valence-corrected chi connectivity index (χ3v) is 5.35. The number of pyridine rings is 1. The highest BCUT2D eigenvalue weighted by molar-refractivity contribution is 7.91. The van der Waals surface area contributed by atoms with E-state index in [1.807, 2.05) is 6.92 Å². The van der Waals surface area contributed by atoms with E-state index in [-0.39, 0.29) is 22.4 Å². The van der Waals surface area contributed by atoms with Gasteiger partial charge in [0.05, 0.1) is 11.4 Å². The van der Waals surface area contributed by atoms with Crippen LogP contribution in [0.5, 0.6) is 0 Å². The maximum Gasteiger partial charge on any atom is 0.271 e. The second kappa shape index (κ2) is 4.12.